The number of anilines is 2. The highest BCUT2D eigenvalue weighted by Crippen LogP contribution is 2.29. The summed E-state index contributed by atoms with van der Waals surface area (Å²) in [5.74, 6) is 2.32. The number of ether oxygens (including phenoxy) is 2. The molecule has 10 heteroatoms. The Kier molecular flexibility index (Phi) is 7.94. The molecule has 10 nitrogen and oxygen atoms in total. The molecule has 3 aliphatic rings. The number of carbonyl (C=O) groups excluding carboxylic acids is 1. The lowest BCUT2D eigenvalue weighted by Gasteiger charge is -2.26. The summed E-state index contributed by atoms with van der Waals surface area (Å²) in [5, 5.41) is 15.0. The standard InChI is InChI=1S/C29H39N7O3/c1-20-16-22(2-5-24(20)29(37)33-23-3-4-23)25-19-32-36-27(31-18-21-6-12-38-13-7-21)17-26(34-28(25)36)30-8-9-35-10-14-39-15-11-35/h2,5,16-17,19,21,23,31H,3-4,6-15,18H2,1H3,(H,30,34)(H,33,37). The number of amides is 1. The predicted octanol–water partition coefficient (Wildman–Crippen LogP) is 3.18. The second-order valence-electron chi connectivity index (χ2n) is 10.9. The molecule has 3 N–H and O–H groups in total. The van der Waals surface area contributed by atoms with E-state index in [-0.39, 0.29) is 5.91 Å². The number of nitrogens with zero attached hydrogens (tertiary/aromatic N) is 4. The molecule has 0 bridgehead atoms. The molecule has 2 aliphatic heterocycles. The summed E-state index contributed by atoms with van der Waals surface area (Å²) in [6.07, 6.45) is 6.15. The molecule has 3 aromatic rings. The highest BCUT2D eigenvalue weighted by molar-refractivity contribution is 5.97. The lowest BCUT2D eigenvalue weighted by Crippen LogP contribution is -2.39. The van der Waals surface area contributed by atoms with E-state index in [4.69, 9.17) is 19.6 Å². The Hall–Kier alpha value is -3.21. The number of benzene rings is 1. The number of fused-ring (bicyclic) bond motifs is 1. The molecule has 2 saturated heterocycles. The molecule has 4 heterocycles. The summed E-state index contributed by atoms with van der Waals surface area (Å²) in [7, 11) is 0. The summed E-state index contributed by atoms with van der Waals surface area (Å²) >= 11 is 0. The molecule has 0 spiro atoms. The van der Waals surface area contributed by atoms with Crippen molar-refractivity contribution in [1.29, 1.82) is 0 Å². The van der Waals surface area contributed by atoms with E-state index >= 15 is 0 Å². The van der Waals surface area contributed by atoms with Crippen molar-refractivity contribution in [1.82, 2.24) is 24.8 Å². The summed E-state index contributed by atoms with van der Waals surface area (Å²) in [4.78, 5) is 20.1. The van der Waals surface area contributed by atoms with Crippen molar-refractivity contribution < 1.29 is 14.3 Å². The molecule has 3 fully saturated rings. The third-order valence-corrected chi connectivity index (χ3v) is 7.92. The molecular weight excluding hydrogens is 494 g/mol. The van der Waals surface area contributed by atoms with Gasteiger partial charge in [-0.3, -0.25) is 9.69 Å². The molecule has 0 unspecified atom stereocenters. The van der Waals surface area contributed by atoms with Crippen LogP contribution in [0.25, 0.3) is 16.8 Å². The summed E-state index contributed by atoms with van der Waals surface area (Å²) in [5.41, 5.74) is 4.40. The van der Waals surface area contributed by atoms with E-state index in [2.05, 4.69) is 33.0 Å². The fourth-order valence-corrected chi connectivity index (χ4v) is 5.33. The first-order valence-corrected chi connectivity index (χ1v) is 14.3. The number of nitrogens with one attached hydrogen (secondary N) is 3. The van der Waals surface area contributed by atoms with Gasteiger partial charge in [0.05, 0.1) is 19.4 Å². The first kappa shape index (κ1) is 26.0. The molecule has 0 atom stereocenters. The van der Waals surface area contributed by atoms with Gasteiger partial charge in [-0.1, -0.05) is 12.1 Å². The van der Waals surface area contributed by atoms with Gasteiger partial charge < -0.3 is 25.4 Å². The van der Waals surface area contributed by atoms with Gasteiger partial charge in [-0.15, -0.1) is 0 Å². The van der Waals surface area contributed by atoms with E-state index in [1.807, 2.05) is 29.8 Å². The lowest BCUT2D eigenvalue weighted by molar-refractivity contribution is 0.0398. The molecule has 39 heavy (non-hydrogen) atoms. The maximum absolute atomic E-state index is 12.7. The molecular formula is C29H39N7O3. The highest BCUT2D eigenvalue weighted by Gasteiger charge is 2.25. The highest BCUT2D eigenvalue weighted by atomic mass is 16.5. The van der Waals surface area contributed by atoms with Crippen molar-refractivity contribution in [3.8, 4) is 11.1 Å². The van der Waals surface area contributed by atoms with Crippen LogP contribution in [0.15, 0.2) is 30.5 Å². The van der Waals surface area contributed by atoms with E-state index < -0.39 is 0 Å². The van der Waals surface area contributed by atoms with Gasteiger partial charge in [-0.05, 0) is 55.7 Å². The third-order valence-electron chi connectivity index (χ3n) is 7.92. The van der Waals surface area contributed by atoms with E-state index in [1.165, 1.54) is 0 Å². The van der Waals surface area contributed by atoms with Crippen LogP contribution >= 0.6 is 0 Å². The minimum Gasteiger partial charge on any atom is -0.381 e. The third kappa shape index (κ3) is 6.34. The van der Waals surface area contributed by atoms with Crippen LogP contribution in [-0.4, -0.2) is 90.6 Å². The number of morpholine rings is 1. The monoisotopic (exact) mass is 533 g/mol. The molecule has 1 aliphatic carbocycles. The summed E-state index contributed by atoms with van der Waals surface area (Å²) in [6.45, 7) is 9.78. The van der Waals surface area contributed by atoms with Crippen LogP contribution in [0.2, 0.25) is 0 Å². The van der Waals surface area contributed by atoms with Crippen LogP contribution in [0, 0.1) is 12.8 Å². The fourth-order valence-electron chi connectivity index (χ4n) is 5.33. The van der Waals surface area contributed by atoms with E-state index in [0.29, 0.717) is 12.0 Å². The van der Waals surface area contributed by atoms with Crippen molar-refractivity contribution in [3.05, 3.63) is 41.6 Å². The van der Waals surface area contributed by atoms with Crippen molar-refractivity contribution in [2.45, 2.75) is 38.6 Å². The van der Waals surface area contributed by atoms with Gasteiger partial charge in [-0.2, -0.15) is 9.61 Å². The fraction of sp³-hybridized carbons (Fsp3) is 0.552. The Morgan fingerprint density at radius 3 is 2.59 bits per heavy atom. The van der Waals surface area contributed by atoms with Crippen LogP contribution in [0.3, 0.4) is 0 Å². The van der Waals surface area contributed by atoms with Gasteiger partial charge in [0.15, 0.2) is 5.65 Å². The normalized spacial score (nSPS) is 18.8. The number of aromatic nitrogens is 3. The number of aryl methyl sites for hydroxylation is 1. The van der Waals surface area contributed by atoms with Gasteiger partial charge in [0, 0.05) is 69.2 Å². The van der Waals surface area contributed by atoms with E-state index in [1.54, 1.807) is 0 Å². The van der Waals surface area contributed by atoms with Crippen molar-refractivity contribution in [3.63, 3.8) is 0 Å². The Morgan fingerprint density at radius 1 is 1.03 bits per heavy atom. The summed E-state index contributed by atoms with van der Waals surface area (Å²) in [6, 6.07) is 8.37. The molecule has 1 saturated carbocycles. The van der Waals surface area contributed by atoms with Crippen LogP contribution in [-0.2, 0) is 9.47 Å². The number of carbonyl (C=O) groups is 1. The van der Waals surface area contributed by atoms with Crippen LogP contribution in [0.4, 0.5) is 11.6 Å². The average Bonchev–Trinajstić information content (AvgIpc) is 3.67. The Balaban J connectivity index is 1.25. The molecule has 0 radical (unpaired) electrons. The maximum Gasteiger partial charge on any atom is 0.251 e. The SMILES string of the molecule is Cc1cc(-c2cnn3c(NCC4CCOCC4)cc(NCCN4CCOCC4)nc23)ccc1C(=O)NC1CC1. The summed E-state index contributed by atoms with van der Waals surface area (Å²) < 4.78 is 12.9. The number of hydrogen-bond donors (Lipinski definition) is 3. The quantitative estimate of drug-likeness (QED) is 0.365. The molecule has 1 aromatic carbocycles. The van der Waals surface area contributed by atoms with Crippen molar-refractivity contribution >= 4 is 23.2 Å². The Morgan fingerprint density at radius 2 is 1.82 bits per heavy atom. The molecule has 1 amide bonds. The minimum absolute atomic E-state index is 0.00546. The van der Waals surface area contributed by atoms with Crippen LogP contribution < -0.4 is 16.0 Å². The molecule has 6 rings (SSSR count). The maximum atomic E-state index is 12.7. The van der Waals surface area contributed by atoms with Gasteiger partial charge in [0.2, 0.25) is 0 Å². The largest absolute Gasteiger partial charge is 0.381 e. The number of hydrogen-bond acceptors (Lipinski definition) is 8. The topological polar surface area (TPSA) is 105 Å². The van der Waals surface area contributed by atoms with Crippen LogP contribution in [0.1, 0.15) is 41.6 Å². The van der Waals surface area contributed by atoms with Crippen molar-refractivity contribution in [2.75, 3.05) is 69.8 Å². The lowest BCUT2D eigenvalue weighted by atomic mass is 10.0. The zero-order chi connectivity index (χ0) is 26.6. The van der Waals surface area contributed by atoms with E-state index in [9.17, 15) is 4.79 Å². The van der Waals surface area contributed by atoms with Crippen molar-refractivity contribution in [2.24, 2.45) is 5.92 Å². The Bertz CT molecular complexity index is 1290. The number of rotatable bonds is 10. The first-order valence-electron chi connectivity index (χ1n) is 14.3. The smallest absolute Gasteiger partial charge is 0.251 e. The molecule has 208 valence electrons. The minimum atomic E-state index is 0.00546. The van der Waals surface area contributed by atoms with Gasteiger partial charge >= 0.3 is 0 Å². The zero-order valence-electron chi connectivity index (χ0n) is 22.7. The van der Waals surface area contributed by atoms with Gasteiger partial charge in [0.25, 0.3) is 5.91 Å². The van der Waals surface area contributed by atoms with Gasteiger partial charge in [-0.25, -0.2) is 4.98 Å². The van der Waals surface area contributed by atoms with E-state index in [0.717, 1.165) is 124 Å². The second-order valence-corrected chi connectivity index (χ2v) is 10.9. The Labute approximate surface area is 229 Å². The van der Waals surface area contributed by atoms with Gasteiger partial charge in [0.1, 0.15) is 11.6 Å². The average molecular weight is 534 g/mol. The van der Waals surface area contributed by atoms with Crippen LogP contribution in [0.5, 0.6) is 0 Å². The first-order chi connectivity index (χ1) is 19.1. The predicted molar refractivity (Wildman–Crippen MR) is 151 cm³/mol. The second kappa shape index (κ2) is 11.9. The molecule has 2 aromatic heterocycles. The zero-order valence-corrected chi connectivity index (χ0v) is 22.7.